The fraction of sp³-hybridized carbons (Fsp3) is 0.471. The molecule has 0 saturated heterocycles. The lowest BCUT2D eigenvalue weighted by Gasteiger charge is -2.09. The molecular weight excluding hydrogens is 361 g/mol. The van der Waals surface area contributed by atoms with Crippen LogP contribution in [0, 0.1) is 6.92 Å². The number of nitrogen functional groups attached to an aromatic ring is 1. The molecule has 3 rings (SSSR count). The van der Waals surface area contributed by atoms with Crippen LogP contribution in [0.15, 0.2) is 18.2 Å². The molecule has 2 heterocycles. The Morgan fingerprint density at radius 1 is 1.24 bits per heavy atom. The molecule has 0 radical (unpaired) electrons. The van der Waals surface area contributed by atoms with Gasteiger partial charge in [-0.05, 0) is 37.5 Å². The second kappa shape index (κ2) is 9.63. The van der Waals surface area contributed by atoms with Crippen molar-refractivity contribution < 1.29 is 4.79 Å². The minimum Gasteiger partial charge on any atom is -0.399 e. The van der Waals surface area contributed by atoms with Gasteiger partial charge in [0.2, 0.25) is 0 Å². The summed E-state index contributed by atoms with van der Waals surface area (Å²) in [6.45, 7) is 3.44. The molecule has 1 aliphatic heterocycles. The van der Waals surface area contributed by atoms with Crippen LogP contribution >= 0.6 is 24.8 Å². The number of halogens is 2. The van der Waals surface area contributed by atoms with Gasteiger partial charge >= 0.3 is 0 Å². The number of nitrogens with zero attached hydrogens (tertiary/aromatic N) is 3. The number of amides is 1. The number of hydrogen-bond donors (Lipinski definition) is 2. The van der Waals surface area contributed by atoms with E-state index in [4.69, 9.17) is 5.73 Å². The summed E-state index contributed by atoms with van der Waals surface area (Å²) in [5.74, 6) is 1.95. The number of carbonyl (C=O) groups is 1. The van der Waals surface area contributed by atoms with Crippen LogP contribution in [0.3, 0.4) is 0 Å². The maximum Gasteiger partial charge on any atom is 0.251 e. The molecular formula is C17H25Cl2N5O. The molecule has 1 amide bonds. The number of benzene rings is 1. The molecule has 6 nitrogen and oxygen atoms in total. The summed E-state index contributed by atoms with van der Waals surface area (Å²) in [4.78, 5) is 12.3. The van der Waals surface area contributed by atoms with Gasteiger partial charge in [-0.3, -0.25) is 4.79 Å². The lowest BCUT2D eigenvalue weighted by molar-refractivity contribution is 0.0953. The number of fused-ring (bicyclic) bond motifs is 1. The fourth-order valence-corrected chi connectivity index (χ4v) is 3.00. The van der Waals surface area contributed by atoms with Crippen molar-refractivity contribution in [2.75, 3.05) is 12.3 Å². The summed E-state index contributed by atoms with van der Waals surface area (Å²) in [5.41, 5.74) is 7.91. The van der Waals surface area contributed by atoms with E-state index in [-0.39, 0.29) is 30.7 Å². The maximum absolute atomic E-state index is 12.3. The minimum absolute atomic E-state index is 0. The van der Waals surface area contributed by atoms with Gasteiger partial charge in [-0.15, -0.1) is 35.0 Å². The van der Waals surface area contributed by atoms with E-state index in [1.807, 2.05) is 13.0 Å². The van der Waals surface area contributed by atoms with Gasteiger partial charge in [0, 0.05) is 37.2 Å². The average Bonchev–Trinajstić information content (AvgIpc) is 2.77. The van der Waals surface area contributed by atoms with Crippen molar-refractivity contribution in [1.29, 1.82) is 0 Å². The maximum atomic E-state index is 12.3. The summed E-state index contributed by atoms with van der Waals surface area (Å²) in [7, 11) is 0. The smallest absolute Gasteiger partial charge is 0.251 e. The Morgan fingerprint density at radius 3 is 2.84 bits per heavy atom. The third-order valence-corrected chi connectivity index (χ3v) is 4.33. The largest absolute Gasteiger partial charge is 0.399 e. The first kappa shape index (κ1) is 21.3. The van der Waals surface area contributed by atoms with E-state index < -0.39 is 0 Å². The quantitative estimate of drug-likeness (QED) is 0.792. The molecule has 25 heavy (non-hydrogen) atoms. The molecule has 0 aliphatic carbocycles. The number of hydrogen-bond acceptors (Lipinski definition) is 4. The van der Waals surface area contributed by atoms with Crippen LogP contribution in [0.2, 0.25) is 0 Å². The molecule has 0 saturated carbocycles. The zero-order chi connectivity index (χ0) is 16.2. The second-order valence-electron chi connectivity index (χ2n) is 6.08. The molecule has 2 aromatic rings. The SMILES string of the molecule is Cc1ccc(N)cc1C(=O)NCCc1nnc2n1CCCCC2.Cl.Cl. The van der Waals surface area contributed by atoms with Crippen LogP contribution in [-0.4, -0.2) is 27.2 Å². The van der Waals surface area contributed by atoms with Crippen LogP contribution in [0.25, 0.3) is 0 Å². The zero-order valence-corrected chi connectivity index (χ0v) is 16.0. The zero-order valence-electron chi connectivity index (χ0n) is 14.3. The highest BCUT2D eigenvalue weighted by molar-refractivity contribution is 5.96. The monoisotopic (exact) mass is 385 g/mol. The third-order valence-electron chi connectivity index (χ3n) is 4.33. The summed E-state index contributed by atoms with van der Waals surface area (Å²) in [6, 6.07) is 5.38. The van der Waals surface area contributed by atoms with E-state index in [0.29, 0.717) is 24.2 Å². The molecule has 1 aromatic carbocycles. The van der Waals surface area contributed by atoms with E-state index in [9.17, 15) is 4.79 Å². The van der Waals surface area contributed by atoms with Crippen LogP contribution in [-0.2, 0) is 19.4 Å². The number of aryl methyl sites for hydroxylation is 2. The van der Waals surface area contributed by atoms with Crippen molar-refractivity contribution in [2.45, 2.75) is 45.6 Å². The Morgan fingerprint density at radius 2 is 2.04 bits per heavy atom. The molecule has 0 unspecified atom stereocenters. The number of rotatable bonds is 4. The predicted molar refractivity (Wildman–Crippen MR) is 104 cm³/mol. The van der Waals surface area contributed by atoms with Gasteiger partial charge in [0.05, 0.1) is 0 Å². The standard InChI is InChI=1S/C17H23N5O.2ClH/c1-12-6-7-13(18)11-14(12)17(23)19-9-8-16-21-20-15-5-3-2-4-10-22(15)16;;/h6-7,11H,2-5,8-10,18H2,1H3,(H,19,23);2*1H. The van der Waals surface area contributed by atoms with E-state index in [1.54, 1.807) is 12.1 Å². The second-order valence-corrected chi connectivity index (χ2v) is 6.08. The van der Waals surface area contributed by atoms with Crippen molar-refractivity contribution in [1.82, 2.24) is 20.1 Å². The molecule has 1 aliphatic rings. The highest BCUT2D eigenvalue weighted by Gasteiger charge is 2.15. The number of carbonyl (C=O) groups excluding carboxylic acids is 1. The topological polar surface area (TPSA) is 85.8 Å². The fourth-order valence-electron chi connectivity index (χ4n) is 3.00. The Bertz CT molecular complexity index is 717. The Labute approximate surface area is 160 Å². The number of nitrogens with one attached hydrogen (secondary N) is 1. The Kier molecular flexibility index (Phi) is 8.19. The predicted octanol–water partition coefficient (Wildman–Crippen LogP) is 2.71. The molecule has 0 atom stereocenters. The Hall–Kier alpha value is -1.79. The lowest BCUT2D eigenvalue weighted by atomic mass is 10.1. The van der Waals surface area contributed by atoms with Crippen molar-refractivity contribution in [3.05, 3.63) is 41.0 Å². The van der Waals surface area contributed by atoms with Gasteiger partial charge in [0.15, 0.2) is 0 Å². The van der Waals surface area contributed by atoms with E-state index in [2.05, 4.69) is 20.1 Å². The number of aromatic nitrogens is 3. The molecule has 0 spiro atoms. The van der Waals surface area contributed by atoms with Crippen molar-refractivity contribution >= 4 is 36.4 Å². The Balaban J connectivity index is 0.00000156. The normalized spacial score (nSPS) is 13.0. The molecule has 0 bridgehead atoms. The summed E-state index contributed by atoms with van der Waals surface area (Å²) >= 11 is 0. The molecule has 1 aromatic heterocycles. The van der Waals surface area contributed by atoms with E-state index >= 15 is 0 Å². The van der Waals surface area contributed by atoms with Crippen molar-refractivity contribution in [3.8, 4) is 0 Å². The summed E-state index contributed by atoms with van der Waals surface area (Å²) in [5, 5.41) is 11.5. The molecule has 0 fully saturated rings. The summed E-state index contributed by atoms with van der Waals surface area (Å²) in [6.07, 6.45) is 5.30. The van der Waals surface area contributed by atoms with Gasteiger partial charge < -0.3 is 15.6 Å². The van der Waals surface area contributed by atoms with Crippen LogP contribution in [0.5, 0.6) is 0 Å². The van der Waals surface area contributed by atoms with Crippen LogP contribution in [0.4, 0.5) is 5.69 Å². The molecule has 138 valence electrons. The molecule has 8 heteroatoms. The van der Waals surface area contributed by atoms with Crippen LogP contribution < -0.4 is 11.1 Å². The first-order chi connectivity index (χ1) is 11.1. The molecule has 3 N–H and O–H groups in total. The van der Waals surface area contributed by atoms with Gasteiger partial charge in [0.25, 0.3) is 5.91 Å². The highest BCUT2D eigenvalue weighted by atomic mass is 35.5. The van der Waals surface area contributed by atoms with Crippen LogP contribution in [0.1, 0.15) is 46.8 Å². The first-order valence-corrected chi connectivity index (χ1v) is 8.20. The number of anilines is 1. The van der Waals surface area contributed by atoms with Gasteiger partial charge in [-0.2, -0.15) is 0 Å². The van der Waals surface area contributed by atoms with Crippen molar-refractivity contribution in [3.63, 3.8) is 0 Å². The summed E-state index contributed by atoms with van der Waals surface area (Å²) < 4.78 is 2.21. The highest BCUT2D eigenvalue weighted by Crippen LogP contribution is 2.15. The van der Waals surface area contributed by atoms with Crippen molar-refractivity contribution in [2.24, 2.45) is 0 Å². The minimum atomic E-state index is -0.0922. The van der Waals surface area contributed by atoms with E-state index in [1.165, 1.54) is 19.3 Å². The lowest BCUT2D eigenvalue weighted by Crippen LogP contribution is -2.27. The third kappa shape index (κ3) is 5.09. The average molecular weight is 386 g/mol. The van der Waals surface area contributed by atoms with Gasteiger partial charge in [0.1, 0.15) is 11.6 Å². The van der Waals surface area contributed by atoms with Gasteiger partial charge in [-0.25, -0.2) is 0 Å². The van der Waals surface area contributed by atoms with E-state index in [0.717, 1.165) is 30.2 Å². The van der Waals surface area contributed by atoms with Gasteiger partial charge in [-0.1, -0.05) is 12.5 Å². The first-order valence-electron chi connectivity index (χ1n) is 8.20. The number of nitrogens with two attached hydrogens (primary N) is 1.